The molecule has 0 aliphatic heterocycles. The Morgan fingerprint density at radius 3 is 1.97 bits per heavy atom. The minimum absolute atomic E-state index is 0.622. The number of aromatic nitrogens is 1. The van der Waals surface area contributed by atoms with E-state index in [-0.39, 0.29) is 0 Å². The summed E-state index contributed by atoms with van der Waals surface area (Å²) in [5.41, 5.74) is 4.79. The number of alkyl halides is 3. The van der Waals surface area contributed by atoms with Gasteiger partial charge in [-0.2, -0.15) is 13.2 Å². The predicted molar refractivity (Wildman–Crippen MR) is 111 cm³/mol. The average Bonchev–Trinajstić information content (AvgIpc) is 3.06. The zero-order valence-electron chi connectivity index (χ0n) is 15.5. The van der Waals surface area contributed by atoms with E-state index < -0.39 is 11.7 Å². The van der Waals surface area contributed by atoms with E-state index in [0.29, 0.717) is 10.6 Å². The van der Waals surface area contributed by atoms with E-state index in [1.165, 1.54) is 12.1 Å². The van der Waals surface area contributed by atoms with Gasteiger partial charge in [0.1, 0.15) is 0 Å². The molecule has 4 rings (SSSR count). The summed E-state index contributed by atoms with van der Waals surface area (Å²) in [6, 6.07) is 22.5. The fourth-order valence-electron chi connectivity index (χ4n) is 3.50. The van der Waals surface area contributed by atoms with E-state index >= 15 is 0 Å². The van der Waals surface area contributed by atoms with Crippen molar-refractivity contribution in [1.29, 1.82) is 0 Å². The van der Waals surface area contributed by atoms with Crippen LogP contribution < -0.4 is 0 Å². The molecule has 5 heteroatoms. The van der Waals surface area contributed by atoms with Crippen LogP contribution in [0.1, 0.15) is 11.1 Å². The SMILES string of the molecule is Cc1cn(-c2ccc(Cl)cc2)c(-c2ccc(C(F)(F)F)cc2)c1-c1ccccc1. The fourth-order valence-corrected chi connectivity index (χ4v) is 3.63. The first-order valence-electron chi connectivity index (χ1n) is 9.05. The van der Waals surface area contributed by atoms with Gasteiger partial charge in [-0.25, -0.2) is 0 Å². The molecule has 3 aromatic carbocycles. The molecule has 1 aromatic heterocycles. The van der Waals surface area contributed by atoms with Crippen molar-refractivity contribution >= 4 is 11.6 Å². The van der Waals surface area contributed by atoms with Crippen LogP contribution >= 0.6 is 11.6 Å². The van der Waals surface area contributed by atoms with E-state index in [1.54, 1.807) is 12.1 Å². The molecule has 1 heterocycles. The third-order valence-corrected chi connectivity index (χ3v) is 5.10. The molecular formula is C24H17ClF3N. The second-order valence-corrected chi connectivity index (χ2v) is 7.26. The van der Waals surface area contributed by atoms with Crippen molar-refractivity contribution in [2.24, 2.45) is 0 Å². The molecular weight excluding hydrogens is 395 g/mol. The minimum Gasteiger partial charge on any atom is -0.316 e. The fraction of sp³-hybridized carbons (Fsp3) is 0.0833. The zero-order chi connectivity index (χ0) is 20.6. The van der Waals surface area contributed by atoms with E-state index in [2.05, 4.69) is 0 Å². The van der Waals surface area contributed by atoms with Gasteiger partial charge in [0.05, 0.1) is 11.3 Å². The minimum atomic E-state index is -4.37. The van der Waals surface area contributed by atoms with Crippen molar-refractivity contribution in [3.8, 4) is 28.1 Å². The van der Waals surface area contributed by atoms with E-state index in [9.17, 15) is 13.2 Å². The summed E-state index contributed by atoms with van der Waals surface area (Å²) in [7, 11) is 0. The Morgan fingerprint density at radius 1 is 0.759 bits per heavy atom. The largest absolute Gasteiger partial charge is 0.416 e. The lowest BCUT2D eigenvalue weighted by Crippen LogP contribution is -2.04. The second-order valence-electron chi connectivity index (χ2n) is 6.82. The number of halogens is 4. The maximum atomic E-state index is 13.0. The van der Waals surface area contributed by atoms with Crippen molar-refractivity contribution in [2.75, 3.05) is 0 Å². The molecule has 4 aromatic rings. The molecule has 0 saturated heterocycles. The second kappa shape index (κ2) is 7.45. The van der Waals surface area contributed by atoms with Gasteiger partial charge in [-0.1, -0.05) is 54.1 Å². The summed E-state index contributed by atoms with van der Waals surface area (Å²) in [5, 5.41) is 0.622. The molecule has 0 atom stereocenters. The molecule has 0 unspecified atom stereocenters. The van der Waals surface area contributed by atoms with Gasteiger partial charge >= 0.3 is 6.18 Å². The van der Waals surface area contributed by atoms with Crippen LogP contribution in [-0.2, 0) is 6.18 Å². The van der Waals surface area contributed by atoms with E-state index in [0.717, 1.165) is 40.2 Å². The highest BCUT2D eigenvalue weighted by Gasteiger charge is 2.30. The van der Waals surface area contributed by atoms with Crippen LogP contribution in [0, 0.1) is 6.92 Å². The van der Waals surface area contributed by atoms with Crippen molar-refractivity contribution in [3.63, 3.8) is 0 Å². The predicted octanol–water partition coefficient (Wildman–Crippen LogP) is 7.79. The molecule has 0 radical (unpaired) electrons. The summed E-state index contributed by atoms with van der Waals surface area (Å²) in [6.45, 7) is 2.00. The Balaban J connectivity index is 1.95. The number of benzene rings is 3. The van der Waals surface area contributed by atoms with Crippen LogP contribution in [0.2, 0.25) is 5.02 Å². The van der Waals surface area contributed by atoms with E-state index in [1.807, 2.05) is 60.2 Å². The first-order chi connectivity index (χ1) is 13.8. The number of nitrogens with zero attached hydrogens (tertiary/aromatic N) is 1. The van der Waals surface area contributed by atoms with Gasteiger partial charge in [0.15, 0.2) is 0 Å². The smallest absolute Gasteiger partial charge is 0.316 e. The quantitative estimate of drug-likeness (QED) is 0.324. The lowest BCUT2D eigenvalue weighted by molar-refractivity contribution is -0.137. The van der Waals surface area contributed by atoms with Gasteiger partial charge in [0, 0.05) is 22.5 Å². The molecule has 1 nitrogen and oxygen atoms in total. The monoisotopic (exact) mass is 411 g/mol. The summed E-state index contributed by atoms with van der Waals surface area (Å²) in [4.78, 5) is 0. The lowest BCUT2D eigenvalue weighted by atomic mass is 9.97. The van der Waals surface area contributed by atoms with Gasteiger partial charge in [-0.15, -0.1) is 0 Å². The standard InChI is InChI=1S/C24H17ClF3N/c1-16-15-29(21-13-11-20(25)12-14-21)23(22(16)17-5-3-2-4-6-17)18-7-9-19(10-8-18)24(26,27)28/h2-15H,1H3. The summed E-state index contributed by atoms with van der Waals surface area (Å²) >= 11 is 6.03. The van der Waals surface area contributed by atoms with Gasteiger partial charge in [0.25, 0.3) is 0 Å². The lowest BCUT2D eigenvalue weighted by Gasteiger charge is -2.14. The molecule has 0 fully saturated rings. The molecule has 0 bridgehead atoms. The molecule has 0 N–H and O–H groups in total. The zero-order valence-corrected chi connectivity index (χ0v) is 16.3. The van der Waals surface area contributed by atoms with Crippen LogP contribution in [0.3, 0.4) is 0 Å². The topological polar surface area (TPSA) is 4.93 Å². The van der Waals surface area contributed by atoms with Crippen molar-refractivity contribution in [1.82, 2.24) is 4.57 Å². The first-order valence-corrected chi connectivity index (χ1v) is 9.43. The number of rotatable bonds is 3. The normalized spacial score (nSPS) is 11.6. The van der Waals surface area contributed by atoms with Crippen LogP contribution in [0.5, 0.6) is 0 Å². The molecule has 0 saturated carbocycles. The van der Waals surface area contributed by atoms with Crippen molar-refractivity contribution < 1.29 is 13.2 Å². The van der Waals surface area contributed by atoms with Crippen molar-refractivity contribution in [2.45, 2.75) is 13.1 Å². The molecule has 0 spiro atoms. The summed E-state index contributed by atoms with van der Waals surface area (Å²) < 4.78 is 41.1. The van der Waals surface area contributed by atoms with Crippen LogP contribution in [0.25, 0.3) is 28.1 Å². The summed E-state index contributed by atoms with van der Waals surface area (Å²) in [6.07, 6.45) is -2.37. The van der Waals surface area contributed by atoms with Crippen LogP contribution in [0.4, 0.5) is 13.2 Å². The maximum Gasteiger partial charge on any atom is 0.416 e. The number of hydrogen-bond donors (Lipinski definition) is 0. The Morgan fingerprint density at radius 2 is 1.38 bits per heavy atom. The van der Waals surface area contributed by atoms with Gasteiger partial charge in [0.2, 0.25) is 0 Å². The third kappa shape index (κ3) is 3.81. The average molecular weight is 412 g/mol. The van der Waals surface area contributed by atoms with Gasteiger partial charge in [-0.05, 0) is 60.0 Å². The highest BCUT2D eigenvalue weighted by atomic mass is 35.5. The number of hydrogen-bond acceptors (Lipinski definition) is 0. The molecule has 0 amide bonds. The van der Waals surface area contributed by atoms with Crippen molar-refractivity contribution in [3.05, 3.63) is 101 Å². The maximum absolute atomic E-state index is 13.0. The Kier molecular flexibility index (Phi) is 4.97. The van der Waals surface area contributed by atoms with Gasteiger partial charge < -0.3 is 4.57 Å². The van der Waals surface area contributed by atoms with Crippen LogP contribution in [-0.4, -0.2) is 4.57 Å². The Bertz CT molecular complexity index is 1130. The summed E-state index contributed by atoms with van der Waals surface area (Å²) in [5.74, 6) is 0. The molecule has 29 heavy (non-hydrogen) atoms. The highest BCUT2D eigenvalue weighted by Crippen LogP contribution is 2.39. The highest BCUT2D eigenvalue weighted by molar-refractivity contribution is 6.30. The van der Waals surface area contributed by atoms with Gasteiger partial charge in [-0.3, -0.25) is 0 Å². The van der Waals surface area contributed by atoms with Crippen LogP contribution in [0.15, 0.2) is 85.1 Å². The molecule has 146 valence electrons. The Labute approximate surface area is 172 Å². The molecule has 0 aliphatic rings. The number of aryl methyl sites for hydroxylation is 1. The molecule has 0 aliphatic carbocycles. The third-order valence-electron chi connectivity index (χ3n) is 4.85. The Hall–Kier alpha value is -2.98. The van der Waals surface area contributed by atoms with E-state index in [4.69, 9.17) is 11.6 Å². The first kappa shape index (κ1) is 19.3.